The number of aromatic nitrogens is 2. The molecule has 0 aliphatic rings. The Bertz CT molecular complexity index is 2010. The van der Waals surface area contributed by atoms with E-state index < -0.39 is 27.9 Å². The van der Waals surface area contributed by atoms with Crippen LogP contribution in [0.1, 0.15) is 23.6 Å². The topological polar surface area (TPSA) is 109 Å². The van der Waals surface area contributed by atoms with Gasteiger partial charge in [-0.1, -0.05) is 62.2 Å². The summed E-state index contributed by atoms with van der Waals surface area (Å²) in [5.74, 6) is -0.202. The van der Waals surface area contributed by atoms with Crippen molar-refractivity contribution in [1.29, 1.82) is 0 Å². The van der Waals surface area contributed by atoms with Crippen LogP contribution >= 0.6 is 31.9 Å². The number of hydrogen-bond donors (Lipinski definition) is 0. The van der Waals surface area contributed by atoms with Gasteiger partial charge in [0, 0.05) is 31.7 Å². The molecule has 0 saturated heterocycles. The Labute approximate surface area is 270 Å². The molecule has 14 heteroatoms. The molecule has 4 aromatic carbocycles. The molecule has 0 saturated carbocycles. The average molecular weight is 746 g/mol. The number of fused-ring (bicyclic) bond motifs is 1. The molecule has 0 aliphatic carbocycles. The SMILES string of the molecule is CCOc1cc(C=Nn2c(-c3cccc(C(F)(F)F)c3)nc3ccccc3c2=O)cc([N+](=O)[O-])c1OCc1ccc(Br)cc1Br. The van der Waals surface area contributed by atoms with E-state index in [0.29, 0.717) is 0 Å². The third-order valence-electron chi connectivity index (χ3n) is 6.47. The Morgan fingerprint density at radius 2 is 1.80 bits per heavy atom. The van der Waals surface area contributed by atoms with Gasteiger partial charge in [0.2, 0.25) is 5.75 Å². The van der Waals surface area contributed by atoms with Crippen molar-refractivity contribution in [2.24, 2.45) is 5.10 Å². The maximum Gasteiger partial charge on any atom is 0.416 e. The summed E-state index contributed by atoms with van der Waals surface area (Å²) in [6, 6.07) is 18.8. The normalized spacial score (nSPS) is 11.7. The van der Waals surface area contributed by atoms with Crippen LogP contribution < -0.4 is 15.0 Å². The first-order valence-electron chi connectivity index (χ1n) is 13.2. The van der Waals surface area contributed by atoms with E-state index in [9.17, 15) is 28.1 Å². The van der Waals surface area contributed by atoms with Gasteiger partial charge in [-0.15, -0.1) is 0 Å². The molecule has 0 N–H and O–H groups in total. The largest absolute Gasteiger partial charge is 0.490 e. The van der Waals surface area contributed by atoms with Crippen LogP contribution in [0.5, 0.6) is 11.5 Å². The van der Waals surface area contributed by atoms with Crippen molar-refractivity contribution >= 4 is 54.7 Å². The molecule has 0 atom stereocenters. The smallest absolute Gasteiger partial charge is 0.416 e. The highest BCUT2D eigenvalue weighted by atomic mass is 79.9. The molecule has 45 heavy (non-hydrogen) atoms. The summed E-state index contributed by atoms with van der Waals surface area (Å²) in [6.45, 7) is 1.84. The first kappa shape index (κ1) is 31.9. The van der Waals surface area contributed by atoms with Gasteiger partial charge in [0.05, 0.1) is 34.2 Å². The van der Waals surface area contributed by atoms with Crippen molar-refractivity contribution in [3.63, 3.8) is 0 Å². The number of para-hydroxylation sites is 1. The zero-order valence-electron chi connectivity index (χ0n) is 23.2. The van der Waals surface area contributed by atoms with Crippen molar-refractivity contribution in [1.82, 2.24) is 9.66 Å². The average Bonchev–Trinajstić information content (AvgIpc) is 3.00. The fourth-order valence-electron chi connectivity index (χ4n) is 4.39. The number of halogens is 5. The van der Waals surface area contributed by atoms with E-state index in [1.165, 1.54) is 36.5 Å². The lowest BCUT2D eigenvalue weighted by Gasteiger charge is -2.14. The van der Waals surface area contributed by atoms with Gasteiger partial charge in [-0.05, 0) is 49.4 Å². The monoisotopic (exact) mass is 744 g/mol. The Balaban J connectivity index is 1.61. The zero-order valence-corrected chi connectivity index (χ0v) is 26.4. The second-order valence-corrected chi connectivity index (χ2v) is 11.2. The van der Waals surface area contributed by atoms with Gasteiger partial charge in [0.15, 0.2) is 11.6 Å². The van der Waals surface area contributed by atoms with Gasteiger partial charge in [-0.3, -0.25) is 14.9 Å². The van der Waals surface area contributed by atoms with E-state index >= 15 is 0 Å². The molecule has 1 aromatic heterocycles. The van der Waals surface area contributed by atoms with Crippen LogP contribution in [0.2, 0.25) is 0 Å². The van der Waals surface area contributed by atoms with Crippen molar-refractivity contribution in [2.45, 2.75) is 19.7 Å². The lowest BCUT2D eigenvalue weighted by molar-refractivity contribution is -0.386. The zero-order chi connectivity index (χ0) is 32.3. The summed E-state index contributed by atoms with van der Waals surface area (Å²) in [6.07, 6.45) is -3.47. The molecular formula is C31H21Br2F3N4O5. The number of ether oxygens (including phenoxy) is 2. The predicted octanol–water partition coefficient (Wildman–Crippen LogP) is 8.38. The highest BCUT2D eigenvalue weighted by Gasteiger charge is 2.31. The minimum Gasteiger partial charge on any atom is -0.490 e. The number of nitro benzene ring substituents is 1. The summed E-state index contributed by atoms with van der Waals surface area (Å²) in [4.78, 5) is 29.5. The minimum atomic E-state index is -4.63. The second kappa shape index (κ2) is 13.2. The van der Waals surface area contributed by atoms with Crippen LogP contribution in [0, 0.1) is 10.1 Å². The van der Waals surface area contributed by atoms with Crippen LogP contribution in [0.15, 0.2) is 97.7 Å². The third kappa shape index (κ3) is 7.07. The van der Waals surface area contributed by atoms with E-state index in [2.05, 4.69) is 41.9 Å². The molecule has 9 nitrogen and oxygen atoms in total. The minimum absolute atomic E-state index is 0.00587. The van der Waals surface area contributed by atoms with Gasteiger partial charge in [-0.2, -0.15) is 22.9 Å². The highest BCUT2D eigenvalue weighted by molar-refractivity contribution is 9.11. The van der Waals surface area contributed by atoms with Gasteiger partial charge in [0.1, 0.15) is 6.61 Å². The molecule has 0 spiro atoms. The highest BCUT2D eigenvalue weighted by Crippen LogP contribution is 2.39. The van der Waals surface area contributed by atoms with Gasteiger partial charge in [-0.25, -0.2) is 4.98 Å². The number of benzene rings is 4. The molecule has 5 rings (SSSR count). The quantitative estimate of drug-likeness (QED) is 0.0853. The fourth-order valence-corrected chi connectivity index (χ4v) is 5.55. The van der Waals surface area contributed by atoms with E-state index in [1.54, 1.807) is 37.3 Å². The molecular weight excluding hydrogens is 725 g/mol. The van der Waals surface area contributed by atoms with Crippen LogP contribution in [0.3, 0.4) is 0 Å². The summed E-state index contributed by atoms with van der Waals surface area (Å²) in [7, 11) is 0. The molecule has 0 fully saturated rings. The van der Waals surface area contributed by atoms with E-state index in [1.807, 2.05) is 6.07 Å². The first-order chi connectivity index (χ1) is 21.5. The maximum atomic E-state index is 13.5. The van der Waals surface area contributed by atoms with Gasteiger partial charge >= 0.3 is 11.9 Å². The van der Waals surface area contributed by atoms with Gasteiger partial charge in [0.25, 0.3) is 5.56 Å². The summed E-state index contributed by atoms with van der Waals surface area (Å²) in [5.41, 5.74) is -0.853. The third-order valence-corrected chi connectivity index (χ3v) is 7.70. The molecule has 230 valence electrons. The number of alkyl halides is 3. The van der Waals surface area contributed by atoms with Crippen LogP contribution in [-0.4, -0.2) is 27.4 Å². The Morgan fingerprint density at radius 1 is 1.02 bits per heavy atom. The van der Waals surface area contributed by atoms with E-state index in [-0.39, 0.29) is 52.6 Å². The van der Waals surface area contributed by atoms with Crippen LogP contribution in [0.25, 0.3) is 22.3 Å². The summed E-state index contributed by atoms with van der Waals surface area (Å²) in [5, 5.41) is 16.6. The number of hydrogen-bond acceptors (Lipinski definition) is 7. The molecule has 5 aromatic rings. The number of nitro groups is 1. The fraction of sp³-hybridized carbons (Fsp3) is 0.129. The Kier molecular flexibility index (Phi) is 9.34. The molecule has 0 radical (unpaired) electrons. The van der Waals surface area contributed by atoms with Crippen LogP contribution in [0.4, 0.5) is 18.9 Å². The van der Waals surface area contributed by atoms with Crippen LogP contribution in [-0.2, 0) is 12.8 Å². The van der Waals surface area contributed by atoms with Crippen molar-refractivity contribution in [3.05, 3.63) is 125 Å². The standard InChI is InChI=1S/C31H21Br2F3N4O5/c1-2-44-27-13-18(12-26(40(42)43)28(27)45-17-20-10-11-22(32)15-24(20)33)16-37-39-29(19-6-5-7-21(14-19)31(34,35)36)38-25-9-4-3-8-23(25)30(39)41/h3-16H,2,17H2,1H3. The second-order valence-electron chi connectivity index (χ2n) is 9.47. The predicted molar refractivity (Wildman–Crippen MR) is 170 cm³/mol. The van der Waals surface area contributed by atoms with E-state index in [4.69, 9.17) is 9.47 Å². The van der Waals surface area contributed by atoms with Crippen molar-refractivity contribution in [3.8, 4) is 22.9 Å². The van der Waals surface area contributed by atoms with Crippen molar-refractivity contribution < 1.29 is 27.6 Å². The summed E-state index contributed by atoms with van der Waals surface area (Å²) >= 11 is 6.82. The molecule has 1 heterocycles. The maximum absolute atomic E-state index is 13.5. The Hall–Kier alpha value is -4.56. The Morgan fingerprint density at radius 3 is 2.51 bits per heavy atom. The first-order valence-corrected chi connectivity index (χ1v) is 14.8. The molecule has 0 aliphatic heterocycles. The molecule has 0 unspecified atom stereocenters. The van der Waals surface area contributed by atoms with Gasteiger partial charge < -0.3 is 9.47 Å². The number of rotatable bonds is 9. The molecule has 0 bridgehead atoms. The molecule has 0 amide bonds. The summed E-state index contributed by atoms with van der Waals surface area (Å²) < 4.78 is 54.5. The van der Waals surface area contributed by atoms with E-state index in [0.717, 1.165) is 31.3 Å². The lowest BCUT2D eigenvalue weighted by atomic mass is 10.1. The lowest BCUT2D eigenvalue weighted by Crippen LogP contribution is -2.20. The number of nitrogens with zero attached hydrogens (tertiary/aromatic N) is 4. The van der Waals surface area contributed by atoms with Crippen molar-refractivity contribution in [2.75, 3.05) is 6.61 Å².